The second kappa shape index (κ2) is 8.18. The van der Waals surface area contributed by atoms with Crippen LogP contribution in [0.25, 0.3) is 5.69 Å². The minimum atomic E-state index is -0.769. The van der Waals surface area contributed by atoms with Gasteiger partial charge in [0.15, 0.2) is 0 Å². The highest BCUT2D eigenvalue weighted by Gasteiger charge is 2.34. The number of amides is 1. The van der Waals surface area contributed by atoms with Gasteiger partial charge in [0.05, 0.1) is 24.6 Å². The van der Waals surface area contributed by atoms with E-state index in [2.05, 4.69) is 10.1 Å². The summed E-state index contributed by atoms with van der Waals surface area (Å²) in [5.74, 6) is -0.170. The first kappa shape index (κ1) is 21.1. The number of rotatable bonds is 4. The van der Waals surface area contributed by atoms with Gasteiger partial charge < -0.3 is 9.84 Å². The summed E-state index contributed by atoms with van der Waals surface area (Å²) in [6.45, 7) is 3.16. The fourth-order valence-corrected chi connectivity index (χ4v) is 3.86. The van der Waals surface area contributed by atoms with Gasteiger partial charge in [-0.1, -0.05) is 30.3 Å². The third-order valence-corrected chi connectivity index (χ3v) is 5.46. The SMILES string of the molecule is COc1ccc([C@H]2CC(c3c(O)n(-c4ccccc4C)c(=O)[nH]c3=O)=NN2C(C)=O)cc1. The van der Waals surface area contributed by atoms with Crippen molar-refractivity contribution >= 4 is 11.6 Å². The lowest BCUT2D eigenvalue weighted by molar-refractivity contribution is -0.130. The van der Waals surface area contributed by atoms with Crippen molar-refractivity contribution in [2.24, 2.45) is 5.10 Å². The smallest absolute Gasteiger partial charge is 0.335 e. The average Bonchev–Trinajstić information content (AvgIpc) is 3.20. The largest absolute Gasteiger partial charge is 0.497 e. The molecule has 1 aliphatic heterocycles. The van der Waals surface area contributed by atoms with Crippen LogP contribution >= 0.6 is 0 Å². The number of hydrazone groups is 1. The normalized spacial score (nSPS) is 15.5. The van der Waals surface area contributed by atoms with E-state index >= 15 is 0 Å². The number of H-pyrrole nitrogens is 1. The van der Waals surface area contributed by atoms with Crippen LogP contribution in [0.1, 0.15) is 36.1 Å². The zero-order valence-electron chi connectivity index (χ0n) is 17.8. The Labute approximate surface area is 183 Å². The van der Waals surface area contributed by atoms with Crippen LogP contribution in [0.5, 0.6) is 11.6 Å². The Morgan fingerprint density at radius 1 is 1.16 bits per heavy atom. The second-order valence-electron chi connectivity index (χ2n) is 7.48. The molecule has 1 aromatic heterocycles. The molecule has 0 unspecified atom stereocenters. The van der Waals surface area contributed by atoms with Gasteiger partial charge in [-0.2, -0.15) is 5.10 Å². The van der Waals surface area contributed by atoms with Gasteiger partial charge >= 0.3 is 5.69 Å². The highest BCUT2D eigenvalue weighted by molar-refractivity contribution is 6.04. The first-order valence-corrected chi connectivity index (χ1v) is 9.97. The number of hydrogen-bond donors (Lipinski definition) is 2. The van der Waals surface area contributed by atoms with Crippen molar-refractivity contribution in [2.75, 3.05) is 7.11 Å². The van der Waals surface area contributed by atoms with E-state index in [-0.39, 0.29) is 23.6 Å². The fraction of sp³-hybridized carbons (Fsp3) is 0.217. The fourth-order valence-electron chi connectivity index (χ4n) is 3.86. The summed E-state index contributed by atoms with van der Waals surface area (Å²) in [5, 5.41) is 16.6. The van der Waals surface area contributed by atoms with Crippen LogP contribution < -0.4 is 16.0 Å². The average molecular weight is 434 g/mol. The molecule has 0 saturated heterocycles. The van der Waals surface area contributed by atoms with Gasteiger partial charge in [-0.3, -0.25) is 14.6 Å². The molecule has 1 aliphatic rings. The molecule has 0 spiro atoms. The van der Waals surface area contributed by atoms with E-state index < -0.39 is 23.2 Å². The molecular formula is C23H22N4O5. The van der Waals surface area contributed by atoms with Gasteiger partial charge in [0.1, 0.15) is 11.3 Å². The van der Waals surface area contributed by atoms with E-state index in [1.54, 1.807) is 50.4 Å². The van der Waals surface area contributed by atoms with E-state index in [1.165, 1.54) is 11.9 Å². The Kier molecular flexibility index (Phi) is 5.40. The number of para-hydroxylation sites is 1. The summed E-state index contributed by atoms with van der Waals surface area (Å²) >= 11 is 0. The van der Waals surface area contributed by atoms with Gasteiger partial charge in [-0.15, -0.1) is 0 Å². The summed E-state index contributed by atoms with van der Waals surface area (Å²) in [5.41, 5.74) is 0.494. The summed E-state index contributed by atoms with van der Waals surface area (Å²) in [6, 6.07) is 13.7. The van der Waals surface area contributed by atoms with Crippen LogP contribution in [0.2, 0.25) is 0 Å². The number of ether oxygens (including phenoxy) is 1. The van der Waals surface area contributed by atoms with Crippen LogP contribution in [0.15, 0.2) is 63.2 Å². The maximum absolute atomic E-state index is 12.7. The van der Waals surface area contributed by atoms with E-state index in [9.17, 15) is 19.5 Å². The van der Waals surface area contributed by atoms with Gasteiger partial charge in [-0.05, 0) is 36.2 Å². The molecule has 164 valence electrons. The predicted molar refractivity (Wildman–Crippen MR) is 118 cm³/mol. The van der Waals surface area contributed by atoms with Crippen LogP contribution in [0.4, 0.5) is 0 Å². The third kappa shape index (κ3) is 3.58. The zero-order chi connectivity index (χ0) is 23.0. The number of nitrogens with zero attached hydrogens (tertiary/aromatic N) is 3. The van der Waals surface area contributed by atoms with Crippen LogP contribution in [0, 0.1) is 6.92 Å². The molecule has 9 nitrogen and oxygen atoms in total. The number of methoxy groups -OCH3 is 1. The summed E-state index contributed by atoms with van der Waals surface area (Å²) < 4.78 is 6.22. The molecular weight excluding hydrogens is 412 g/mol. The second-order valence-corrected chi connectivity index (χ2v) is 7.48. The molecule has 1 amide bonds. The first-order chi connectivity index (χ1) is 15.3. The van der Waals surface area contributed by atoms with Crippen molar-refractivity contribution in [3.05, 3.63) is 86.1 Å². The molecule has 0 fully saturated rings. The van der Waals surface area contributed by atoms with E-state index in [1.807, 2.05) is 12.1 Å². The van der Waals surface area contributed by atoms with E-state index in [4.69, 9.17) is 4.74 Å². The summed E-state index contributed by atoms with van der Waals surface area (Å²) in [4.78, 5) is 39.8. The Bertz CT molecular complexity index is 1340. The molecule has 0 bridgehead atoms. The predicted octanol–water partition coefficient (Wildman–Crippen LogP) is 2.25. The number of carbonyl (C=O) groups excluding carboxylic acids is 1. The molecule has 9 heteroatoms. The highest BCUT2D eigenvalue weighted by atomic mass is 16.5. The van der Waals surface area contributed by atoms with Gasteiger partial charge in [0.25, 0.3) is 5.56 Å². The Balaban J connectivity index is 1.83. The maximum Gasteiger partial charge on any atom is 0.335 e. The minimum absolute atomic E-state index is 0.143. The Morgan fingerprint density at radius 2 is 1.84 bits per heavy atom. The van der Waals surface area contributed by atoms with Crippen molar-refractivity contribution in [3.63, 3.8) is 0 Å². The Hall–Kier alpha value is -4.14. The molecule has 2 aromatic carbocycles. The number of aromatic hydroxyl groups is 1. The lowest BCUT2D eigenvalue weighted by Gasteiger charge is -2.20. The van der Waals surface area contributed by atoms with Crippen molar-refractivity contribution in [1.82, 2.24) is 14.6 Å². The van der Waals surface area contributed by atoms with Crippen LogP contribution in [-0.4, -0.2) is 38.4 Å². The van der Waals surface area contributed by atoms with Gasteiger partial charge in [-0.25, -0.2) is 14.4 Å². The topological polar surface area (TPSA) is 117 Å². The van der Waals surface area contributed by atoms with E-state index in [0.717, 1.165) is 15.7 Å². The van der Waals surface area contributed by atoms with E-state index in [0.29, 0.717) is 11.4 Å². The molecule has 32 heavy (non-hydrogen) atoms. The zero-order valence-corrected chi connectivity index (χ0v) is 17.8. The lowest BCUT2D eigenvalue weighted by atomic mass is 9.99. The number of benzene rings is 2. The monoisotopic (exact) mass is 434 g/mol. The van der Waals surface area contributed by atoms with Crippen LogP contribution in [-0.2, 0) is 4.79 Å². The molecule has 4 rings (SSSR count). The Morgan fingerprint density at radius 3 is 2.47 bits per heavy atom. The number of aromatic nitrogens is 2. The number of carbonyl (C=O) groups is 1. The number of hydrogen-bond acceptors (Lipinski definition) is 6. The molecule has 0 aliphatic carbocycles. The van der Waals surface area contributed by atoms with Crippen LogP contribution in [0.3, 0.4) is 0 Å². The molecule has 0 saturated carbocycles. The highest BCUT2D eigenvalue weighted by Crippen LogP contribution is 2.34. The molecule has 2 N–H and O–H groups in total. The maximum atomic E-state index is 12.7. The van der Waals surface area contributed by atoms with Crippen molar-refractivity contribution in [1.29, 1.82) is 0 Å². The quantitative estimate of drug-likeness (QED) is 0.653. The van der Waals surface area contributed by atoms with Crippen molar-refractivity contribution in [3.8, 4) is 17.3 Å². The summed E-state index contributed by atoms with van der Waals surface area (Å²) in [6.07, 6.45) is 0.189. The number of aryl methyl sites for hydroxylation is 1. The number of nitrogens with one attached hydrogen (secondary N) is 1. The molecule has 3 aromatic rings. The summed E-state index contributed by atoms with van der Waals surface area (Å²) in [7, 11) is 1.56. The minimum Gasteiger partial charge on any atom is -0.497 e. The van der Waals surface area contributed by atoms with Gasteiger partial charge in [0.2, 0.25) is 11.8 Å². The van der Waals surface area contributed by atoms with Crippen molar-refractivity contribution in [2.45, 2.75) is 26.3 Å². The standard InChI is InChI=1S/C23H22N4O5/c1-13-6-4-5-7-18(13)26-22(30)20(21(29)24-23(26)31)17-12-19(27(25-17)14(2)28)15-8-10-16(32-3)11-9-15/h4-11,19,30H,12H2,1-3H3,(H,24,29,31)/t19-/m1/s1. The molecule has 1 atom stereocenters. The lowest BCUT2D eigenvalue weighted by Crippen LogP contribution is -2.33. The molecule has 2 heterocycles. The van der Waals surface area contributed by atoms with Gasteiger partial charge in [0, 0.05) is 13.3 Å². The van der Waals surface area contributed by atoms with Crippen molar-refractivity contribution < 1.29 is 14.6 Å². The third-order valence-electron chi connectivity index (χ3n) is 5.46. The molecule has 0 radical (unpaired) electrons. The first-order valence-electron chi connectivity index (χ1n) is 9.97. The number of aromatic amines is 1.